The third-order valence-corrected chi connectivity index (χ3v) is 5.98. The highest BCUT2D eigenvalue weighted by atomic mass is 19.2. The minimum atomic E-state index is -0.826. The van der Waals surface area contributed by atoms with Crippen LogP contribution >= 0.6 is 0 Å². The molecule has 0 aliphatic carbocycles. The molecule has 3 heterocycles. The van der Waals surface area contributed by atoms with E-state index in [4.69, 9.17) is 0 Å². The first-order valence-corrected chi connectivity index (χ1v) is 8.95. The first kappa shape index (κ1) is 15.8. The van der Waals surface area contributed by atoms with Crippen molar-refractivity contribution >= 4 is 11.6 Å². The van der Waals surface area contributed by atoms with Crippen LogP contribution in [-0.2, 0) is 6.54 Å². The molecule has 4 nitrogen and oxygen atoms in total. The summed E-state index contributed by atoms with van der Waals surface area (Å²) < 4.78 is 26.8. The number of carbonyl (C=O) groups excluding carboxylic acids is 1. The van der Waals surface area contributed by atoms with Gasteiger partial charge in [0.15, 0.2) is 11.6 Å². The van der Waals surface area contributed by atoms with Gasteiger partial charge in [0.05, 0.1) is 11.6 Å². The van der Waals surface area contributed by atoms with Gasteiger partial charge in [-0.05, 0) is 42.7 Å². The fourth-order valence-corrected chi connectivity index (χ4v) is 4.88. The second-order valence-electron chi connectivity index (χ2n) is 7.47. The van der Waals surface area contributed by atoms with Crippen molar-refractivity contribution in [1.29, 1.82) is 0 Å². The minimum absolute atomic E-state index is 0.0559. The Bertz CT molecular complexity index is 902. The maximum Gasteiger partial charge on any atom is 0.255 e. The third-order valence-electron chi connectivity index (χ3n) is 5.98. The maximum absolute atomic E-state index is 13.6. The molecule has 2 saturated heterocycles. The standard InChI is InChI=1S/C20H19F2N3O/c21-15-7-5-12(9-16(15)22)11-25-13-6-8-18(25)20(10-13)23-17-4-2-1-3-14(17)19(26)24-20/h1-5,7,9,13,18,23H,6,8,10-11H2,(H,24,26)/t13-,18+,20+/m1/s1. The van der Waals surface area contributed by atoms with E-state index in [-0.39, 0.29) is 11.9 Å². The van der Waals surface area contributed by atoms with Crippen molar-refractivity contribution in [1.82, 2.24) is 10.2 Å². The number of para-hydroxylation sites is 1. The molecule has 2 N–H and O–H groups in total. The van der Waals surface area contributed by atoms with Gasteiger partial charge in [-0.2, -0.15) is 0 Å². The largest absolute Gasteiger partial charge is 0.361 e. The van der Waals surface area contributed by atoms with E-state index in [1.807, 2.05) is 24.3 Å². The summed E-state index contributed by atoms with van der Waals surface area (Å²) in [5.41, 5.74) is 1.78. The van der Waals surface area contributed by atoms with Gasteiger partial charge in [0, 0.05) is 24.7 Å². The number of halogens is 2. The number of nitrogens with zero attached hydrogens (tertiary/aromatic N) is 1. The van der Waals surface area contributed by atoms with Crippen LogP contribution in [0.4, 0.5) is 14.5 Å². The first-order valence-electron chi connectivity index (χ1n) is 8.95. The van der Waals surface area contributed by atoms with E-state index >= 15 is 0 Å². The van der Waals surface area contributed by atoms with E-state index in [1.54, 1.807) is 6.07 Å². The molecule has 2 aromatic rings. The van der Waals surface area contributed by atoms with Gasteiger partial charge in [0.25, 0.3) is 5.91 Å². The van der Waals surface area contributed by atoms with Crippen molar-refractivity contribution in [2.75, 3.05) is 5.32 Å². The summed E-state index contributed by atoms with van der Waals surface area (Å²) in [4.78, 5) is 14.9. The number of carbonyl (C=O) groups is 1. The van der Waals surface area contributed by atoms with E-state index in [0.717, 1.165) is 30.5 Å². The lowest BCUT2D eigenvalue weighted by molar-refractivity contribution is 0.0870. The zero-order valence-electron chi connectivity index (χ0n) is 14.1. The molecule has 2 bridgehead atoms. The van der Waals surface area contributed by atoms with Crippen LogP contribution < -0.4 is 10.6 Å². The Balaban J connectivity index is 1.44. The summed E-state index contributed by atoms with van der Waals surface area (Å²) in [6, 6.07) is 12.0. The second kappa shape index (κ2) is 5.51. The van der Waals surface area contributed by atoms with Crippen LogP contribution in [0.2, 0.25) is 0 Å². The van der Waals surface area contributed by atoms with Gasteiger partial charge in [-0.3, -0.25) is 9.69 Å². The number of hydrogen-bond donors (Lipinski definition) is 2. The van der Waals surface area contributed by atoms with Gasteiger partial charge < -0.3 is 10.6 Å². The Morgan fingerprint density at radius 1 is 1.08 bits per heavy atom. The number of rotatable bonds is 2. The lowest BCUT2D eigenvalue weighted by Gasteiger charge is -2.43. The molecule has 26 heavy (non-hydrogen) atoms. The Kier molecular flexibility index (Phi) is 3.34. The highest BCUT2D eigenvalue weighted by Crippen LogP contribution is 2.47. The number of fused-ring (bicyclic) bond motifs is 4. The smallest absolute Gasteiger partial charge is 0.255 e. The lowest BCUT2D eigenvalue weighted by atomic mass is 9.86. The van der Waals surface area contributed by atoms with Crippen molar-refractivity contribution in [2.24, 2.45) is 0 Å². The van der Waals surface area contributed by atoms with Crippen LogP contribution in [0, 0.1) is 11.6 Å². The molecule has 3 atom stereocenters. The number of anilines is 1. The summed E-state index contributed by atoms with van der Waals surface area (Å²) in [6.45, 7) is 0.549. The molecule has 5 rings (SSSR count). The van der Waals surface area contributed by atoms with Crippen molar-refractivity contribution in [3.8, 4) is 0 Å². The molecule has 0 aromatic heterocycles. The molecule has 0 radical (unpaired) electrons. The zero-order chi connectivity index (χ0) is 17.9. The molecule has 2 fully saturated rings. The predicted octanol–water partition coefficient (Wildman–Crippen LogP) is 3.25. The highest BCUT2D eigenvalue weighted by molar-refractivity contribution is 6.02. The van der Waals surface area contributed by atoms with Crippen molar-refractivity contribution in [3.63, 3.8) is 0 Å². The SMILES string of the molecule is O=C1N[C@]2(C[C@H]3CC[C@@H]2N3Cc2ccc(F)c(F)c2)Nc2ccccc21. The molecular formula is C20H19F2N3O. The molecule has 0 saturated carbocycles. The Hall–Kier alpha value is -2.47. The third kappa shape index (κ3) is 2.25. The maximum atomic E-state index is 13.6. The van der Waals surface area contributed by atoms with E-state index in [1.165, 1.54) is 12.1 Å². The second-order valence-corrected chi connectivity index (χ2v) is 7.47. The number of hydrogen-bond acceptors (Lipinski definition) is 3. The van der Waals surface area contributed by atoms with Crippen LogP contribution in [0.5, 0.6) is 0 Å². The van der Waals surface area contributed by atoms with E-state index in [2.05, 4.69) is 15.5 Å². The van der Waals surface area contributed by atoms with Gasteiger partial charge in [0.2, 0.25) is 0 Å². The monoisotopic (exact) mass is 355 g/mol. The molecule has 134 valence electrons. The molecule has 1 spiro atoms. The average molecular weight is 355 g/mol. The molecular weight excluding hydrogens is 336 g/mol. The van der Waals surface area contributed by atoms with Gasteiger partial charge in [-0.15, -0.1) is 0 Å². The van der Waals surface area contributed by atoms with Crippen molar-refractivity contribution < 1.29 is 13.6 Å². The fourth-order valence-electron chi connectivity index (χ4n) is 4.88. The normalized spacial score (nSPS) is 29.5. The molecule has 3 aliphatic rings. The molecule has 6 heteroatoms. The lowest BCUT2D eigenvalue weighted by Crippen LogP contribution is -2.64. The van der Waals surface area contributed by atoms with Crippen molar-refractivity contribution in [3.05, 3.63) is 65.2 Å². The van der Waals surface area contributed by atoms with Crippen LogP contribution in [-0.4, -0.2) is 28.6 Å². The quantitative estimate of drug-likeness (QED) is 0.869. The van der Waals surface area contributed by atoms with Gasteiger partial charge in [-0.25, -0.2) is 8.78 Å². The summed E-state index contributed by atoms with van der Waals surface area (Å²) in [5, 5.41) is 6.75. The van der Waals surface area contributed by atoms with Crippen molar-refractivity contribution in [2.45, 2.75) is 43.6 Å². The van der Waals surface area contributed by atoms with E-state index in [0.29, 0.717) is 18.2 Å². The minimum Gasteiger partial charge on any atom is -0.361 e. The van der Waals surface area contributed by atoms with Gasteiger partial charge in [0.1, 0.15) is 5.66 Å². The van der Waals surface area contributed by atoms with Crippen LogP contribution in [0.15, 0.2) is 42.5 Å². The fraction of sp³-hybridized carbons (Fsp3) is 0.350. The zero-order valence-corrected chi connectivity index (χ0v) is 14.1. The number of benzene rings is 2. The van der Waals surface area contributed by atoms with E-state index in [9.17, 15) is 13.6 Å². The first-order chi connectivity index (χ1) is 12.6. The van der Waals surface area contributed by atoms with E-state index < -0.39 is 17.3 Å². The summed E-state index contributed by atoms with van der Waals surface area (Å²) in [5.74, 6) is -1.70. The Morgan fingerprint density at radius 2 is 1.92 bits per heavy atom. The van der Waals surface area contributed by atoms with Crippen LogP contribution in [0.25, 0.3) is 0 Å². The van der Waals surface area contributed by atoms with Gasteiger partial charge in [-0.1, -0.05) is 18.2 Å². The summed E-state index contributed by atoms with van der Waals surface area (Å²) in [7, 11) is 0. The Morgan fingerprint density at radius 3 is 2.77 bits per heavy atom. The molecule has 2 aromatic carbocycles. The molecule has 1 amide bonds. The molecule has 3 aliphatic heterocycles. The Labute approximate surface area is 150 Å². The summed E-state index contributed by atoms with van der Waals surface area (Å²) >= 11 is 0. The predicted molar refractivity (Wildman–Crippen MR) is 93.6 cm³/mol. The highest BCUT2D eigenvalue weighted by Gasteiger charge is 2.58. The van der Waals surface area contributed by atoms with Gasteiger partial charge >= 0.3 is 0 Å². The summed E-state index contributed by atoms with van der Waals surface area (Å²) in [6.07, 6.45) is 2.82. The number of nitrogens with one attached hydrogen (secondary N) is 2. The topological polar surface area (TPSA) is 44.4 Å². The van der Waals surface area contributed by atoms with Crippen LogP contribution in [0.1, 0.15) is 35.2 Å². The number of amides is 1. The average Bonchev–Trinajstić information content (AvgIpc) is 3.12. The van der Waals surface area contributed by atoms with Crippen LogP contribution in [0.3, 0.4) is 0 Å². The molecule has 0 unspecified atom stereocenters.